The largest absolute Gasteiger partial charge is 0.495 e. The number of nitrogens with one attached hydrogen (secondary N) is 1. The highest BCUT2D eigenvalue weighted by molar-refractivity contribution is 5.76. The second kappa shape index (κ2) is 8.08. The van der Waals surface area contributed by atoms with E-state index in [4.69, 9.17) is 9.47 Å². The molecule has 0 heterocycles. The first-order valence-corrected chi connectivity index (χ1v) is 6.94. The van der Waals surface area contributed by atoms with E-state index in [0.29, 0.717) is 29.8 Å². The van der Waals surface area contributed by atoms with Crippen LogP contribution in [0.25, 0.3) is 0 Å². The zero-order chi connectivity index (χ0) is 16.6. The van der Waals surface area contributed by atoms with Crippen LogP contribution in [0.15, 0.2) is 18.2 Å². The Balaban J connectivity index is 2.54. The van der Waals surface area contributed by atoms with Gasteiger partial charge in [-0.3, -0.25) is 4.79 Å². The minimum absolute atomic E-state index is 0.387. The molecular formula is C17H21NO4. The van der Waals surface area contributed by atoms with E-state index in [2.05, 4.69) is 17.2 Å². The molecule has 1 aromatic carbocycles. The van der Waals surface area contributed by atoms with Crippen molar-refractivity contribution in [3.63, 3.8) is 0 Å². The average molecular weight is 303 g/mol. The number of hydrogen-bond acceptors (Lipinski definition) is 4. The Kier molecular flexibility index (Phi) is 6.46. The number of carbonyl (C=O) groups excluding carboxylic acids is 2. The summed E-state index contributed by atoms with van der Waals surface area (Å²) in [5, 5.41) is 2.63. The van der Waals surface area contributed by atoms with Crippen LogP contribution >= 0.6 is 0 Å². The molecule has 0 aliphatic heterocycles. The van der Waals surface area contributed by atoms with Gasteiger partial charge in [0, 0.05) is 18.5 Å². The SMILES string of the molecule is COc1ccc(C=O)cc1C#CCCNC(=O)OC(C)(C)C. The van der Waals surface area contributed by atoms with Gasteiger partial charge in [0.25, 0.3) is 0 Å². The molecule has 0 aliphatic rings. The number of hydrogen-bond donors (Lipinski definition) is 1. The molecule has 22 heavy (non-hydrogen) atoms. The van der Waals surface area contributed by atoms with E-state index in [1.54, 1.807) is 46.1 Å². The number of methoxy groups -OCH3 is 1. The summed E-state index contributed by atoms with van der Waals surface area (Å²) >= 11 is 0. The first kappa shape index (κ1) is 17.6. The number of aldehydes is 1. The summed E-state index contributed by atoms with van der Waals surface area (Å²) in [6.45, 7) is 5.80. The maximum atomic E-state index is 11.4. The van der Waals surface area contributed by atoms with Crippen LogP contribution in [0.4, 0.5) is 4.79 Å². The number of benzene rings is 1. The molecule has 0 fully saturated rings. The molecule has 0 spiro atoms. The van der Waals surface area contributed by atoms with Crippen LogP contribution in [0.1, 0.15) is 43.1 Å². The zero-order valence-electron chi connectivity index (χ0n) is 13.4. The molecule has 0 saturated carbocycles. The molecule has 118 valence electrons. The van der Waals surface area contributed by atoms with Crippen molar-refractivity contribution in [1.29, 1.82) is 0 Å². The lowest BCUT2D eigenvalue weighted by Gasteiger charge is -2.19. The van der Waals surface area contributed by atoms with E-state index >= 15 is 0 Å². The third-order valence-electron chi connectivity index (χ3n) is 2.50. The van der Waals surface area contributed by atoms with E-state index < -0.39 is 11.7 Å². The van der Waals surface area contributed by atoms with Crippen LogP contribution in [0.5, 0.6) is 5.75 Å². The maximum Gasteiger partial charge on any atom is 0.407 e. The van der Waals surface area contributed by atoms with Crippen molar-refractivity contribution in [2.45, 2.75) is 32.8 Å². The average Bonchev–Trinajstić information content (AvgIpc) is 2.44. The molecule has 1 amide bonds. The molecule has 1 aromatic rings. The van der Waals surface area contributed by atoms with E-state index in [-0.39, 0.29) is 0 Å². The van der Waals surface area contributed by atoms with Crippen molar-refractivity contribution in [3.05, 3.63) is 29.3 Å². The van der Waals surface area contributed by atoms with Gasteiger partial charge in [-0.1, -0.05) is 11.8 Å². The van der Waals surface area contributed by atoms with E-state index in [1.807, 2.05) is 0 Å². The van der Waals surface area contributed by atoms with Crippen molar-refractivity contribution >= 4 is 12.4 Å². The molecule has 0 aliphatic carbocycles. The standard InChI is InChI=1S/C17H21NO4/c1-17(2,3)22-16(20)18-10-6-5-7-14-11-13(12-19)8-9-15(14)21-4/h8-9,11-12H,6,10H2,1-4H3,(H,18,20). The van der Waals surface area contributed by atoms with E-state index in [0.717, 1.165) is 6.29 Å². The third kappa shape index (κ3) is 6.31. The van der Waals surface area contributed by atoms with Gasteiger partial charge in [-0.25, -0.2) is 4.79 Å². The Morgan fingerprint density at radius 3 is 2.68 bits per heavy atom. The molecule has 0 aromatic heterocycles. The Hall–Kier alpha value is -2.48. The van der Waals surface area contributed by atoms with Gasteiger partial charge in [0.15, 0.2) is 0 Å². The Labute approximate surface area is 131 Å². The Morgan fingerprint density at radius 1 is 1.36 bits per heavy atom. The van der Waals surface area contributed by atoms with Crippen molar-refractivity contribution in [3.8, 4) is 17.6 Å². The summed E-state index contributed by atoms with van der Waals surface area (Å²) in [6.07, 6.45) is 0.761. The summed E-state index contributed by atoms with van der Waals surface area (Å²) in [6, 6.07) is 5.04. The lowest BCUT2D eigenvalue weighted by Crippen LogP contribution is -2.32. The second-order valence-corrected chi connectivity index (χ2v) is 5.56. The highest BCUT2D eigenvalue weighted by Crippen LogP contribution is 2.17. The first-order valence-electron chi connectivity index (χ1n) is 6.94. The predicted molar refractivity (Wildman–Crippen MR) is 84.1 cm³/mol. The van der Waals surface area contributed by atoms with Gasteiger partial charge in [0.05, 0.1) is 12.7 Å². The molecule has 0 bridgehead atoms. The normalized spacial score (nSPS) is 10.2. The summed E-state index contributed by atoms with van der Waals surface area (Å²) in [4.78, 5) is 22.2. The van der Waals surface area contributed by atoms with Crippen LogP contribution in [0.2, 0.25) is 0 Å². The molecule has 5 nitrogen and oxygen atoms in total. The molecule has 0 atom stereocenters. The fourth-order valence-electron chi connectivity index (χ4n) is 1.60. The van der Waals surface area contributed by atoms with Crippen LogP contribution in [0.3, 0.4) is 0 Å². The number of amides is 1. The van der Waals surface area contributed by atoms with Gasteiger partial charge in [-0.15, -0.1) is 0 Å². The molecule has 1 N–H and O–H groups in total. The van der Waals surface area contributed by atoms with Gasteiger partial charge in [0.2, 0.25) is 0 Å². The summed E-state index contributed by atoms with van der Waals surface area (Å²) < 4.78 is 10.3. The lowest BCUT2D eigenvalue weighted by atomic mass is 10.1. The summed E-state index contributed by atoms with van der Waals surface area (Å²) in [5.41, 5.74) is 0.666. The molecule has 0 saturated heterocycles. The molecule has 0 radical (unpaired) electrons. The van der Waals surface area contributed by atoms with Crippen LogP contribution < -0.4 is 10.1 Å². The molecular weight excluding hydrogens is 282 g/mol. The summed E-state index contributed by atoms with van der Waals surface area (Å²) in [5.74, 6) is 6.47. The highest BCUT2D eigenvalue weighted by atomic mass is 16.6. The minimum atomic E-state index is -0.515. The quantitative estimate of drug-likeness (QED) is 0.528. The lowest BCUT2D eigenvalue weighted by molar-refractivity contribution is 0.0529. The van der Waals surface area contributed by atoms with Gasteiger partial charge >= 0.3 is 6.09 Å². The first-order chi connectivity index (χ1) is 10.4. The predicted octanol–water partition coefficient (Wildman–Crippen LogP) is 2.77. The van der Waals surface area contributed by atoms with E-state index in [9.17, 15) is 9.59 Å². The van der Waals surface area contributed by atoms with Gasteiger partial charge < -0.3 is 14.8 Å². The van der Waals surface area contributed by atoms with Crippen LogP contribution in [-0.4, -0.2) is 31.6 Å². The second-order valence-electron chi connectivity index (χ2n) is 5.56. The van der Waals surface area contributed by atoms with Gasteiger partial charge in [-0.2, -0.15) is 0 Å². The van der Waals surface area contributed by atoms with Crippen molar-refractivity contribution in [1.82, 2.24) is 5.32 Å². The number of alkyl carbamates (subject to hydrolysis) is 1. The molecule has 5 heteroatoms. The number of carbonyl (C=O) groups is 2. The van der Waals surface area contributed by atoms with Gasteiger partial charge in [0.1, 0.15) is 17.6 Å². The van der Waals surface area contributed by atoms with Gasteiger partial charge in [-0.05, 0) is 39.0 Å². The van der Waals surface area contributed by atoms with Crippen molar-refractivity contribution in [2.75, 3.05) is 13.7 Å². The minimum Gasteiger partial charge on any atom is -0.495 e. The van der Waals surface area contributed by atoms with Crippen LogP contribution in [-0.2, 0) is 4.74 Å². The van der Waals surface area contributed by atoms with Crippen molar-refractivity contribution < 1.29 is 19.1 Å². The Morgan fingerprint density at radius 2 is 2.09 bits per heavy atom. The topological polar surface area (TPSA) is 64.6 Å². The third-order valence-corrected chi connectivity index (χ3v) is 2.50. The molecule has 0 unspecified atom stereocenters. The fourth-order valence-corrected chi connectivity index (χ4v) is 1.60. The fraction of sp³-hybridized carbons (Fsp3) is 0.412. The maximum absolute atomic E-state index is 11.4. The summed E-state index contributed by atoms with van der Waals surface area (Å²) in [7, 11) is 1.55. The Bertz CT molecular complexity index is 591. The highest BCUT2D eigenvalue weighted by Gasteiger charge is 2.15. The number of ether oxygens (including phenoxy) is 2. The zero-order valence-corrected chi connectivity index (χ0v) is 13.4. The molecule has 1 rings (SSSR count). The van der Waals surface area contributed by atoms with Crippen LogP contribution in [0, 0.1) is 11.8 Å². The van der Waals surface area contributed by atoms with Crippen molar-refractivity contribution in [2.24, 2.45) is 0 Å². The number of rotatable bonds is 4. The monoisotopic (exact) mass is 303 g/mol. The smallest absolute Gasteiger partial charge is 0.407 e. The van der Waals surface area contributed by atoms with E-state index in [1.165, 1.54) is 0 Å².